The van der Waals surface area contributed by atoms with Gasteiger partial charge in [-0.3, -0.25) is 4.79 Å². The Morgan fingerprint density at radius 3 is 2.26 bits per heavy atom. The van der Waals surface area contributed by atoms with Crippen LogP contribution < -0.4 is 5.32 Å². The van der Waals surface area contributed by atoms with Gasteiger partial charge < -0.3 is 10.2 Å². The predicted molar refractivity (Wildman–Crippen MR) is 107 cm³/mol. The average molecular weight is 368 g/mol. The fourth-order valence-electron chi connectivity index (χ4n) is 4.40. The second-order valence-corrected chi connectivity index (χ2v) is 7.87. The topological polar surface area (TPSA) is 32.3 Å². The van der Waals surface area contributed by atoms with Crippen LogP contribution in [0.3, 0.4) is 0 Å². The van der Waals surface area contributed by atoms with Gasteiger partial charge in [-0.15, -0.1) is 0 Å². The standard InChI is InChI=1S/C23H29FN2O/c1-16-17(2)20(24)13-12-19(16)22(27)25-21(18-10-6-5-7-11-18)23(26(3)4)14-8-9-15-23/h5-7,10-13,21H,8-9,14-15H2,1-4H3,(H,25,27). The molecule has 0 aromatic heterocycles. The monoisotopic (exact) mass is 368 g/mol. The molecule has 27 heavy (non-hydrogen) atoms. The molecule has 0 saturated heterocycles. The maximum atomic E-state index is 13.8. The Morgan fingerprint density at radius 1 is 1.04 bits per heavy atom. The number of hydrogen-bond donors (Lipinski definition) is 1. The Balaban J connectivity index is 2.00. The second-order valence-electron chi connectivity index (χ2n) is 7.87. The molecule has 4 heteroatoms. The molecule has 0 aliphatic heterocycles. The van der Waals surface area contributed by atoms with Gasteiger partial charge in [-0.05, 0) is 69.6 Å². The minimum absolute atomic E-state index is 0.111. The van der Waals surface area contributed by atoms with Crippen LogP contribution >= 0.6 is 0 Å². The summed E-state index contributed by atoms with van der Waals surface area (Å²) < 4.78 is 13.8. The third-order valence-corrected chi connectivity index (χ3v) is 6.27. The molecule has 1 N–H and O–H groups in total. The van der Waals surface area contributed by atoms with Crippen molar-refractivity contribution in [3.63, 3.8) is 0 Å². The highest BCUT2D eigenvalue weighted by atomic mass is 19.1. The van der Waals surface area contributed by atoms with E-state index in [2.05, 4.69) is 36.4 Å². The summed E-state index contributed by atoms with van der Waals surface area (Å²) in [5.74, 6) is -0.415. The first-order valence-corrected chi connectivity index (χ1v) is 9.66. The third-order valence-electron chi connectivity index (χ3n) is 6.27. The maximum Gasteiger partial charge on any atom is 0.252 e. The Hall–Kier alpha value is -2.20. The van der Waals surface area contributed by atoms with Crippen molar-refractivity contribution >= 4 is 5.91 Å². The molecule has 3 rings (SSSR count). The number of rotatable bonds is 5. The quantitative estimate of drug-likeness (QED) is 0.823. The molecule has 0 bridgehead atoms. The Morgan fingerprint density at radius 2 is 1.67 bits per heavy atom. The van der Waals surface area contributed by atoms with Crippen molar-refractivity contribution in [2.75, 3.05) is 14.1 Å². The summed E-state index contributed by atoms with van der Waals surface area (Å²) in [7, 11) is 4.20. The summed E-state index contributed by atoms with van der Waals surface area (Å²) in [6.45, 7) is 3.52. The highest BCUT2D eigenvalue weighted by molar-refractivity contribution is 5.96. The lowest BCUT2D eigenvalue weighted by Crippen LogP contribution is -2.53. The van der Waals surface area contributed by atoms with Gasteiger partial charge in [-0.25, -0.2) is 4.39 Å². The summed E-state index contributed by atoms with van der Waals surface area (Å²) in [5.41, 5.74) is 2.77. The van der Waals surface area contributed by atoms with Crippen molar-refractivity contribution in [1.82, 2.24) is 10.2 Å². The smallest absolute Gasteiger partial charge is 0.252 e. The van der Waals surface area contributed by atoms with Crippen LogP contribution in [0.15, 0.2) is 42.5 Å². The van der Waals surface area contributed by atoms with E-state index >= 15 is 0 Å². The van der Waals surface area contributed by atoms with Gasteiger partial charge in [-0.2, -0.15) is 0 Å². The van der Waals surface area contributed by atoms with E-state index in [0.717, 1.165) is 31.2 Å². The van der Waals surface area contributed by atoms with Gasteiger partial charge in [0.2, 0.25) is 0 Å². The van der Waals surface area contributed by atoms with Gasteiger partial charge in [0, 0.05) is 11.1 Å². The number of halogens is 1. The van der Waals surface area contributed by atoms with Crippen molar-refractivity contribution in [2.24, 2.45) is 0 Å². The van der Waals surface area contributed by atoms with Crippen molar-refractivity contribution in [1.29, 1.82) is 0 Å². The lowest BCUT2D eigenvalue weighted by molar-refractivity contribution is 0.0765. The van der Waals surface area contributed by atoms with Crippen LogP contribution in [-0.2, 0) is 0 Å². The fraction of sp³-hybridized carbons (Fsp3) is 0.435. The van der Waals surface area contributed by atoms with Gasteiger partial charge in [0.25, 0.3) is 5.91 Å². The summed E-state index contributed by atoms with van der Waals surface area (Å²) in [4.78, 5) is 15.4. The molecule has 144 valence electrons. The second kappa shape index (κ2) is 7.81. The molecule has 0 heterocycles. The van der Waals surface area contributed by atoms with E-state index < -0.39 is 0 Å². The molecule has 3 nitrogen and oxygen atoms in total. The Kier molecular flexibility index (Phi) is 5.66. The molecule has 1 aliphatic rings. The van der Waals surface area contributed by atoms with Crippen molar-refractivity contribution in [3.8, 4) is 0 Å². The van der Waals surface area contributed by atoms with Crippen molar-refractivity contribution < 1.29 is 9.18 Å². The number of hydrogen-bond acceptors (Lipinski definition) is 2. The number of carbonyl (C=O) groups is 1. The summed E-state index contributed by atoms with van der Waals surface area (Å²) in [5, 5.41) is 3.30. The maximum absolute atomic E-state index is 13.8. The van der Waals surface area contributed by atoms with Gasteiger partial charge in [-0.1, -0.05) is 43.2 Å². The van der Waals surface area contributed by atoms with Crippen LogP contribution in [0, 0.1) is 19.7 Å². The molecule has 1 aliphatic carbocycles. The first-order valence-electron chi connectivity index (χ1n) is 9.66. The highest BCUT2D eigenvalue weighted by Crippen LogP contribution is 2.43. The minimum Gasteiger partial charge on any atom is -0.343 e. The molecule has 0 spiro atoms. The van der Waals surface area contributed by atoms with E-state index in [4.69, 9.17) is 0 Å². The Labute approximate surface area is 161 Å². The average Bonchev–Trinajstić information content (AvgIpc) is 3.16. The van der Waals surface area contributed by atoms with Crippen LogP contribution in [0.5, 0.6) is 0 Å². The lowest BCUT2D eigenvalue weighted by Gasteiger charge is -2.44. The normalized spacial score (nSPS) is 17.1. The number of nitrogens with one attached hydrogen (secondary N) is 1. The molecule has 1 unspecified atom stereocenters. The number of amides is 1. The van der Waals surface area contributed by atoms with E-state index in [-0.39, 0.29) is 23.3 Å². The first-order chi connectivity index (χ1) is 12.9. The van der Waals surface area contributed by atoms with E-state index in [0.29, 0.717) is 16.7 Å². The molecule has 1 saturated carbocycles. The minimum atomic E-state index is -0.274. The van der Waals surface area contributed by atoms with Crippen LogP contribution in [0.2, 0.25) is 0 Å². The van der Waals surface area contributed by atoms with Crippen molar-refractivity contribution in [3.05, 3.63) is 70.5 Å². The Bertz CT molecular complexity index is 811. The molecule has 1 atom stereocenters. The zero-order chi connectivity index (χ0) is 19.6. The van der Waals surface area contributed by atoms with Gasteiger partial charge >= 0.3 is 0 Å². The number of nitrogens with zero attached hydrogens (tertiary/aromatic N) is 1. The SMILES string of the molecule is Cc1c(F)ccc(C(=O)NC(c2ccccc2)C2(N(C)C)CCCC2)c1C. The molecule has 1 amide bonds. The number of likely N-dealkylation sites (N-methyl/N-ethyl adjacent to an activating group) is 1. The van der Waals surface area contributed by atoms with E-state index in [9.17, 15) is 9.18 Å². The number of benzene rings is 2. The first kappa shape index (κ1) is 19.6. The van der Waals surface area contributed by atoms with E-state index in [1.807, 2.05) is 25.1 Å². The van der Waals surface area contributed by atoms with Crippen LogP contribution in [0.4, 0.5) is 4.39 Å². The van der Waals surface area contributed by atoms with E-state index in [1.165, 1.54) is 6.07 Å². The van der Waals surface area contributed by atoms with Gasteiger partial charge in [0.15, 0.2) is 0 Å². The molecule has 1 fully saturated rings. The van der Waals surface area contributed by atoms with E-state index in [1.54, 1.807) is 13.0 Å². The summed E-state index contributed by atoms with van der Waals surface area (Å²) >= 11 is 0. The van der Waals surface area contributed by atoms with Crippen LogP contribution in [0.1, 0.15) is 58.8 Å². The third kappa shape index (κ3) is 3.63. The fourth-order valence-corrected chi connectivity index (χ4v) is 4.40. The van der Waals surface area contributed by atoms with Crippen molar-refractivity contribution in [2.45, 2.75) is 51.1 Å². The number of carbonyl (C=O) groups excluding carboxylic acids is 1. The largest absolute Gasteiger partial charge is 0.343 e. The molecule has 2 aromatic rings. The molecular weight excluding hydrogens is 339 g/mol. The predicted octanol–water partition coefficient (Wildman–Crippen LogP) is 4.79. The zero-order valence-corrected chi connectivity index (χ0v) is 16.7. The summed E-state index contributed by atoms with van der Waals surface area (Å²) in [6.07, 6.45) is 4.40. The molecule has 0 radical (unpaired) electrons. The van der Waals surface area contributed by atoms with Gasteiger partial charge in [0.1, 0.15) is 5.82 Å². The van der Waals surface area contributed by atoms with Crippen LogP contribution in [0.25, 0.3) is 0 Å². The van der Waals surface area contributed by atoms with Gasteiger partial charge in [0.05, 0.1) is 6.04 Å². The lowest BCUT2D eigenvalue weighted by atomic mass is 9.82. The zero-order valence-electron chi connectivity index (χ0n) is 16.7. The molecule has 2 aromatic carbocycles. The molecular formula is C23H29FN2O. The summed E-state index contributed by atoms with van der Waals surface area (Å²) in [6, 6.07) is 13.0. The highest BCUT2D eigenvalue weighted by Gasteiger charge is 2.44. The van der Waals surface area contributed by atoms with Crippen LogP contribution in [-0.4, -0.2) is 30.4 Å².